The molecule has 226 valence electrons. The maximum Gasteiger partial charge on any atom is 0.193 e. The standard InChI is InChI=1S/C38H41N3O3/c1-36(2)43-33-34(44-36)38(29-21-11-5-12-22-29,30-23-13-6-14-24-30)41-35(39-31-25-15-16-26-32(31)42)40-37(33,27-17-7-3-8-18-27)28-19-9-4-10-20-28/h3-14,17-24,31-34,42H,15-16,25-26H2,1-2H3,(H2,39,40,41)/t31-,32-,33+,34+/m0/s1. The molecule has 4 aromatic carbocycles. The van der Waals surface area contributed by atoms with E-state index >= 15 is 0 Å². The van der Waals surface area contributed by atoms with E-state index in [0.717, 1.165) is 47.9 Å². The van der Waals surface area contributed by atoms with Gasteiger partial charge in [-0.3, -0.25) is 0 Å². The van der Waals surface area contributed by atoms with Crippen molar-refractivity contribution in [2.24, 2.45) is 4.99 Å². The third-order valence-electron chi connectivity index (χ3n) is 9.49. The van der Waals surface area contributed by atoms with Gasteiger partial charge in [-0.1, -0.05) is 134 Å². The number of ether oxygens (including phenoxy) is 2. The van der Waals surface area contributed by atoms with Crippen molar-refractivity contribution in [2.75, 3.05) is 0 Å². The molecule has 6 nitrogen and oxygen atoms in total. The van der Waals surface area contributed by atoms with Crippen LogP contribution in [-0.2, 0) is 20.6 Å². The Kier molecular flexibility index (Phi) is 7.53. The number of benzene rings is 4. The summed E-state index contributed by atoms with van der Waals surface area (Å²) >= 11 is 0. The number of aliphatic imine (C=N–C) groups is 1. The first-order chi connectivity index (χ1) is 21.4. The van der Waals surface area contributed by atoms with Crippen LogP contribution < -0.4 is 10.6 Å². The average Bonchev–Trinajstić information content (AvgIpc) is 3.35. The summed E-state index contributed by atoms with van der Waals surface area (Å²) in [6.07, 6.45) is 2.13. The molecule has 0 amide bonds. The van der Waals surface area contributed by atoms with E-state index in [-0.39, 0.29) is 6.04 Å². The zero-order valence-electron chi connectivity index (χ0n) is 25.4. The van der Waals surface area contributed by atoms with Crippen LogP contribution in [0.15, 0.2) is 126 Å². The van der Waals surface area contributed by atoms with Crippen molar-refractivity contribution in [3.63, 3.8) is 0 Å². The summed E-state index contributed by atoms with van der Waals surface area (Å²) in [5.74, 6) is -0.271. The molecular formula is C38H41N3O3. The molecule has 44 heavy (non-hydrogen) atoms. The number of aliphatic hydroxyl groups is 1. The van der Waals surface area contributed by atoms with E-state index in [4.69, 9.17) is 14.5 Å². The molecule has 2 saturated heterocycles. The van der Waals surface area contributed by atoms with Crippen molar-refractivity contribution in [3.8, 4) is 0 Å². The molecule has 4 atom stereocenters. The topological polar surface area (TPSA) is 75.1 Å². The van der Waals surface area contributed by atoms with Gasteiger partial charge in [-0.2, -0.15) is 0 Å². The number of nitrogens with zero attached hydrogens (tertiary/aromatic N) is 1. The van der Waals surface area contributed by atoms with Gasteiger partial charge in [-0.25, -0.2) is 4.99 Å². The van der Waals surface area contributed by atoms with Crippen LogP contribution in [0.5, 0.6) is 0 Å². The summed E-state index contributed by atoms with van der Waals surface area (Å²) in [5, 5.41) is 19.0. The van der Waals surface area contributed by atoms with E-state index in [0.29, 0.717) is 5.96 Å². The second kappa shape index (κ2) is 11.5. The van der Waals surface area contributed by atoms with Crippen LogP contribution in [-0.4, -0.2) is 41.2 Å². The maximum absolute atomic E-state index is 11.1. The van der Waals surface area contributed by atoms with E-state index in [1.54, 1.807) is 0 Å². The Morgan fingerprint density at radius 1 is 0.591 bits per heavy atom. The Hall–Kier alpha value is -3.97. The fourth-order valence-electron chi connectivity index (χ4n) is 7.50. The summed E-state index contributed by atoms with van der Waals surface area (Å²) in [6.45, 7) is 3.99. The van der Waals surface area contributed by atoms with Crippen molar-refractivity contribution in [3.05, 3.63) is 144 Å². The number of fused-ring (bicyclic) bond motifs is 1. The molecule has 1 aliphatic carbocycles. The lowest BCUT2D eigenvalue weighted by Gasteiger charge is -2.43. The summed E-state index contributed by atoms with van der Waals surface area (Å²) < 4.78 is 14.2. The Bertz CT molecular complexity index is 1390. The van der Waals surface area contributed by atoms with Gasteiger partial charge >= 0.3 is 0 Å². The number of guanidine groups is 1. The highest BCUT2D eigenvalue weighted by Gasteiger charge is 2.64. The first-order valence-electron chi connectivity index (χ1n) is 15.8. The number of aliphatic hydroxyl groups excluding tert-OH is 1. The fourth-order valence-corrected chi connectivity index (χ4v) is 7.50. The first kappa shape index (κ1) is 28.8. The molecule has 3 N–H and O–H groups in total. The molecule has 3 aliphatic rings. The van der Waals surface area contributed by atoms with Gasteiger partial charge in [0, 0.05) is 0 Å². The molecule has 0 radical (unpaired) electrons. The molecule has 0 spiro atoms. The van der Waals surface area contributed by atoms with Gasteiger partial charge in [0.2, 0.25) is 0 Å². The largest absolute Gasteiger partial charge is 0.391 e. The van der Waals surface area contributed by atoms with Crippen molar-refractivity contribution in [1.29, 1.82) is 0 Å². The van der Waals surface area contributed by atoms with Crippen LogP contribution >= 0.6 is 0 Å². The summed E-state index contributed by atoms with van der Waals surface area (Å²) in [4.78, 5) is 5.33. The van der Waals surface area contributed by atoms with E-state index < -0.39 is 35.2 Å². The normalized spacial score (nSPS) is 26.8. The SMILES string of the molecule is CC1(C)O[C@@H]2[C@@H](O1)C(c1ccccc1)(c1ccccc1)NC(=N[C@H]1CCCC[C@@H]1O)NC2(c1ccccc1)c1ccccc1. The highest BCUT2D eigenvalue weighted by atomic mass is 16.8. The Morgan fingerprint density at radius 2 is 0.955 bits per heavy atom. The molecule has 6 heteroatoms. The minimum absolute atomic E-state index is 0.233. The highest BCUT2D eigenvalue weighted by molar-refractivity contribution is 5.85. The smallest absolute Gasteiger partial charge is 0.193 e. The van der Waals surface area contributed by atoms with Crippen LogP contribution in [0.3, 0.4) is 0 Å². The van der Waals surface area contributed by atoms with Crippen LogP contribution in [0.2, 0.25) is 0 Å². The molecule has 1 saturated carbocycles. The van der Waals surface area contributed by atoms with E-state index in [1.807, 2.05) is 38.1 Å². The van der Waals surface area contributed by atoms with Crippen LogP contribution in [0.4, 0.5) is 0 Å². The third kappa shape index (κ3) is 4.91. The molecule has 7 rings (SSSR count). The van der Waals surface area contributed by atoms with Gasteiger partial charge < -0.3 is 25.2 Å². The molecule has 0 unspecified atom stereocenters. The first-order valence-corrected chi connectivity index (χ1v) is 15.8. The van der Waals surface area contributed by atoms with Gasteiger partial charge in [0.05, 0.1) is 12.1 Å². The lowest BCUT2D eigenvalue weighted by atomic mass is 9.69. The predicted octanol–water partition coefficient (Wildman–Crippen LogP) is 6.25. The van der Waals surface area contributed by atoms with Crippen LogP contribution in [0.25, 0.3) is 0 Å². The summed E-state index contributed by atoms with van der Waals surface area (Å²) in [5.41, 5.74) is 2.38. The van der Waals surface area contributed by atoms with E-state index in [2.05, 4.69) is 108 Å². The zero-order valence-corrected chi connectivity index (χ0v) is 25.4. The number of hydrogen-bond acceptors (Lipinski definition) is 4. The predicted molar refractivity (Wildman–Crippen MR) is 173 cm³/mol. The van der Waals surface area contributed by atoms with E-state index in [1.165, 1.54) is 0 Å². The van der Waals surface area contributed by atoms with E-state index in [9.17, 15) is 5.11 Å². The Balaban J connectivity index is 1.56. The number of rotatable bonds is 5. The second-order valence-corrected chi connectivity index (χ2v) is 12.7. The number of hydrogen-bond donors (Lipinski definition) is 3. The molecule has 0 bridgehead atoms. The Labute approximate surface area is 260 Å². The summed E-state index contributed by atoms with van der Waals surface area (Å²) in [6, 6.07) is 41.7. The second-order valence-electron chi connectivity index (χ2n) is 12.7. The van der Waals surface area contributed by atoms with Gasteiger partial charge in [-0.05, 0) is 48.9 Å². The lowest BCUT2D eigenvalue weighted by Crippen LogP contribution is -2.58. The van der Waals surface area contributed by atoms with Crippen molar-refractivity contribution in [1.82, 2.24) is 10.6 Å². The molecule has 2 heterocycles. The average molecular weight is 588 g/mol. The zero-order chi connectivity index (χ0) is 30.2. The van der Waals surface area contributed by atoms with Crippen LogP contribution in [0.1, 0.15) is 61.8 Å². The summed E-state index contributed by atoms with van der Waals surface area (Å²) in [7, 11) is 0. The fraction of sp³-hybridized carbons (Fsp3) is 0.342. The van der Waals surface area contributed by atoms with Gasteiger partial charge in [0.25, 0.3) is 0 Å². The minimum atomic E-state index is -0.891. The molecule has 4 aromatic rings. The third-order valence-corrected chi connectivity index (χ3v) is 9.49. The van der Waals surface area contributed by atoms with Crippen LogP contribution in [0, 0.1) is 0 Å². The molecular weight excluding hydrogens is 546 g/mol. The molecule has 3 fully saturated rings. The molecule has 2 aliphatic heterocycles. The van der Waals surface area contributed by atoms with Crippen molar-refractivity contribution in [2.45, 2.75) is 80.7 Å². The maximum atomic E-state index is 11.1. The Morgan fingerprint density at radius 3 is 1.32 bits per heavy atom. The van der Waals surface area contributed by atoms with Gasteiger partial charge in [-0.15, -0.1) is 0 Å². The van der Waals surface area contributed by atoms with Crippen molar-refractivity contribution >= 4 is 5.96 Å². The van der Waals surface area contributed by atoms with Gasteiger partial charge in [0.15, 0.2) is 11.7 Å². The minimum Gasteiger partial charge on any atom is -0.391 e. The monoisotopic (exact) mass is 587 g/mol. The van der Waals surface area contributed by atoms with Crippen molar-refractivity contribution < 1.29 is 14.6 Å². The highest BCUT2D eigenvalue weighted by Crippen LogP contribution is 2.51. The quantitative estimate of drug-likeness (QED) is 0.258. The van der Waals surface area contributed by atoms with Gasteiger partial charge in [0.1, 0.15) is 23.3 Å². The molecule has 0 aromatic heterocycles. The number of nitrogens with one attached hydrogen (secondary N) is 2. The lowest BCUT2D eigenvalue weighted by molar-refractivity contribution is -0.156.